The van der Waals surface area contributed by atoms with Crippen molar-refractivity contribution >= 4 is 34.4 Å². The number of aromatic nitrogens is 4. The maximum absolute atomic E-state index is 14.7. The van der Waals surface area contributed by atoms with E-state index in [1.807, 2.05) is 12.1 Å². The fraction of sp³-hybridized carbons (Fsp3) is 0.261. The molecule has 0 atom stereocenters. The summed E-state index contributed by atoms with van der Waals surface area (Å²) in [5.41, 5.74) is 8.42. The van der Waals surface area contributed by atoms with Gasteiger partial charge < -0.3 is 11.1 Å². The first kappa shape index (κ1) is 19.8. The molecule has 1 fully saturated rings. The highest BCUT2D eigenvalue weighted by Crippen LogP contribution is 2.34. The lowest BCUT2D eigenvalue weighted by Gasteiger charge is -2.22. The Labute approximate surface area is 184 Å². The Morgan fingerprint density at radius 1 is 1.00 bits per heavy atom. The summed E-state index contributed by atoms with van der Waals surface area (Å²) in [6.45, 7) is 0. The predicted molar refractivity (Wildman–Crippen MR) is 122 cm³/mol. The zero-order chi connectivity index (χ0) is 21.4. The van der Waals surface area contributed by atoms with Gasteiger partial charge in [0.05, 0.1) is 16.8 Å². The minimum Gasteiger partial charge on any atom is -0.383 e. The monoisotopic (exact) mass is 436 g/mol. The molecular formula is C23H22ClFN6. The first-order chi connectivity index (χ1) is 15.1. The molecule has 2 heterocycles. The Morgan fingerprint density at radius 2 is 1.74 bits per heavy atom. The molecule has 3 N–H and O–H groups in total. The van der Waals surface area contributed by atoms with Crippen molar-refractivity contribution < 1.29 is 4.39 Å². The number of rotatable bonds is 4. The van der Waals surface area contributed by atoms with Crippen molar-refractivity contribution in [2.75, 3.05) is 11.1 Å². The molecule has 0 radical (unpaired) electrons. The van der Waals surface area contributed by atoms with E-state index in [-0.39, 0.29) is 5.82 Å². The van der Waals surface area contributed by atoms with E-state index in [9.17, 15) is 4.39 Å². The fourth-order valence-electron chi connectivity index (χ4n) is 4.13. The van der Waals surface area contributed by atoms with Crippen LogP contribution in [-0.4, -0.2) is 25.8 Å². The van der Waals surface area contributed by atoms with E-state index < -0.39 is 0 Å². The first-order valence-electron chi connectivity index (χ1n) is 10.4. The smallest absolute Gasteiger partial charge is 0.225 e. The Hall–Kier alpha value is -3.19. The van der Waals surface area contributed by atoms with Crippen LogP contribution in [0.5, 0.6) is 0 Å². The second-order valence-electron chi connectivity index (χ2n) is 7.83. The van der Waals surface area contributed by atoms with E-state index in [0.29, 0.717) is 45.1 Å². The largest absolute Gasteiger partial charge is 0.383 e. The number of hydrogen-bond acceptors (Lipinski definition) is 5. The molecule has 2 aromatic heterocycles. The van der Waals surface area contributed by atoms with Gasteiger partial charge >= 0.3 is 0 Å². The number of nitrogens with zero attached hydrogens (tertiary/aromatic N) is 4. The van der Waals surface area contributed by atoms with Gasteiger partial charge in [0.1, 0.15) is 11.6 Å². The van der Waals surface area contributed by atoms with Gasteiger partial charge in [0.2, 0.25) is 5.95 Å². The van der Waals surface area contributed by atoms with Gasteiger partial charge in [-0.3, -0.25) is 0 Å². The van der Waals surface area contributed by atoms with Crippen LogP contribution in [0.15, 0.2) is 48.5 Å². The standard InChI is InChI=1S/C23H22ClFN6/c24-14-10-12-16(13-11-14)31-21(26)19-20(17-8-4-5-9-18(17)25)28-23(29-22(19)30-31)27-15-6-2-1-3-7-15/h4-5,8-13,15H,1-3,6-7,26H2,(H,27,29,30). The summed E-state index contributed by atoms with van der Waals surface area (Å²) in [5.74, 6) is 0.419. The predicted octanol–water partition coefficient (Wildman–Crippen LogP) is 5.60. The van der Waals surface area contributed by atoms with Crippen LogP contribution in [0.1, 0.15) is 32.1 Å². The minimum absolute atomic E-state index is 0.301. The van der Waals surface area contributed by atoms with E-state index in [1.54, 1.807) is 35.0 Å². The number of fused-ring (bicyclic) bond motifs is 1. The molecule has 158 valence electrons. The molecule has 5 rings (SSSR count). The third-order valence-corrected chi connectivity index (χ3v) is 5.96. The van der Waals surface area contributed by atoms with Crippen molar-refractivity contribution in [3.63, 3.8) is 0 Å². The molecule has 8 heteroatoms. The molecule has 0 aliphatic heterocycles. The van der Waals surface area contributed by atoms with Crippen LogP contribution in [0.2, 0.25) is 5.02 Å². The highest BCUT2D eigenvalue weighted by Gasteiger charge is 2.22. The van der Waals surface area contributed by atoms with Crippen molar-refractivity contribution in [3.8, 4) is 16.9 Å². The average molecular weight is 437 g/mol. The number of benzene rings is 2. The van der Waals surface area contributed by atoms with Gasteiger partial charge in [-0.25, -0.2) is 14.1 Å². The van der Waals surface area contributed by atoms with Gasteiger partial charge in [0.15, 0.2) is 5.65 Å². The van der Waals surface area contributed by atoms with Crippen LogP contribution < -0.4 is 11.1 Å². The van der Waals surface area contributed by atoms with Gasteiger partial charge in [-0.1, -0.05) is 43.0 Å². The number of nitrogens with one attached hydrogen (secondary N) is 1. The zero-order valence-electron chi connectivity index (χ0n) is 16.9. The van der Waals surface area contributed by atoms with Gasteiger partial charge in [0.25, 0.3) is 0 Å². The highest BCUT2D eigenvalue weighted by molar-refractivity contribution is 6.30. The molecule has 0 amide bonds. The molecular weight excluding hydrogens is 415 g/mol. The normalized spacial score (nSPS) is 14.8. The molecule has 4 aromatic rings. The lowest BCUT2D eigenvalue weighted by molar-refractivity contribution is 0.461. The summed E-state index contributed by atoms with van der Waals surface area (Å²) in [6, 6.07) is 14.0. The third-order valence-electron chi connectivity index (χ3n) is 5.71. The maximum Gasteiger partial charge on any atom is 0.225 e. The molecule has 1 aliphatic carbocycles. The molecule has 31 heavy (non-hydrogen) atoms. The molecule has 1 saturated carbocycles. The lowest BCUT2D eigenvalue weighted by Crippen LogP contribution is -2.23. The first-order valence-corrected chi connectivity index (χ1v) is 10.8. The maximum atomic E-state index is 14.7. The zero-order valence-corrected chi connectivity index (χ0v) is 17.6. The van der Waals surface area contributed by atoms with Crippen LogP contribution in [0, 0.1) is 5.82 Å². The van der Waals surface area contributed by atoms with Gasteiger partial charge in [-0.05, 0) is 49.2 Å². The van der Waals surface area contributed by atoms with Crippen molar-refractivity contribution in [1.82, 2.24) is 19.7 Å². The lowest BCUT2D eigenvalue weighted by atomic mass is 9.96. The Balaban J connectivity index is 1.68. The number of hydrogen-bond donors (Lipinski definition) is 2. The minimum atomic E-state index is -0.371. The molecule has 0 bridgehead atoms. The second-order valence-corrected chi connectivity index (χ2v) is 8.26. The number of nitrogens with two attached hydrogens (primary N) is 1. The molecule has 6 nitrogen and oxygen atoms in total. The third kappa shape index (κ3) is 3.81. The van der Waals surface area contributed by atoms with E-state index in [2.05, 4.69) is 15.4 Å². The van der Waals surface area contributed by atoms with Crippen LogP contribution in [0.25, 0.3) is 28.0 Å². The Bertz CT molecular complexity index is 1230. The van der Waals surface area contributed by atoms with E-state index >= 15 is 0 Å². The molecule has 0 spiro atoms. The Kier molecular flexibility index (Phi) is 5.19. The fourth-order valence-corrected chi connectivity index (χ4v) is 4.26. The number of anilines is 2. The quantitative estimate of drug-likeness (QED) is 0.435. The molecule has 0 unspecified atom stereocenters. The Morgan fingerprint density at radius 3 is 2.48 bits per heavy atom. The number of nitrogen functional groups attached to an aromatic ring is 1. The summed E-state index contributed by atoms with van der Waals surface area (Å²) < 4.78 is 16.3. The van der Waals surface area contributed by atoms with E-state index in [1.165, 1.54) is 25.3 Å². The number of halogens is 2. The van der Waals surface area contributed by atoms with Gasteiger partial charge in [-0.2, -0.15) is 4.98 Å². The van der Waals surface area contributed by atoms with Gasteiger partial charge in [0, 0.05) is 16.6 Å². The molecule has 1 aliphatic rings. The summed E-state index contributed by atoms with van der Waals surface area (Å²) in [4.78, 5) is 9.32. The SMILES string of the molecule is Nc1c2c(-c3ccccc3F)nc(NC3CCCCC3)nc2nn1-c1ccc(Cl)cc1. The molecule has 2 aromatic carbocycles. The average Bonchev–Trinajstić information content (AvgIpc) is 3.11. The van der Waals surface area contributed by atoms with Crippen LogP contribution in [0.3, 0.4) is 0 Å². The topological polar surface area (TPSA) is 81.7 Å². The summed E-state index contributed by atoms with van der Waals surface area (Å²) in [7, 11) is 0. The second kappa shape index (κ2) is 8.15. The van der Waals surface area contributed by atoms with Crippen molar-refractivity contribution in [2.45, 2.75) is 38.1 Å². The van der Waals surface area contributed by atoms with Crippen LogP contribution in [-0.2, 0) is 0 Å². The summed E-state index contributed by atoms with van der Waals surface area (Å²) in [6.07, 6.45) is 5.74. The van der Waals surface area contributed by atoms with E-state index in [4.69, 9.17) is 22.3 Å². The summed E-state index contributed by atoms with van der Waals surface area (Å²) in [5, 5.41) is 9.18. The molecule has 0 saturated heterocycles. The van der Waals surface area contributed by atoms with Crippen molar-refractivity contribution in [1.29, 1.82) is 0 Å². The van der Waals surface area contributed by atoms with E-state index in [0.717, 1.165) is 18.5 Å². The van der Waals surface area contributed by atoms with Gasteiger partial charge in [-0.15, -0.1) is 5.10 Å². The van der Waals surface area contributed by atoms with Crippen LogP contribution in [0.4, 0.5) is 16.2 Å². The summed E-state index contributed by atoms with van der Waals surface area (Å²) >= 11 is 6.02. The van der Waals surface area contributed by atoms with Crippen molar-refractivity contribution in [2.24, 2.45) is 0 Å². The van der Waals surface area contributed by atoms with Crippen LogP contribution >= 0.6 is 11.6 Å². The highest BCUT2D eigenvalue weighted by atomic mass is 35.5. The van der Waals surface area contributed by atoms with Crippen molar-refractivity contribution in [3.05, 3.63) is 59.4 Å².